The van der Waals surface area contributed by atoms with E-state index >= 15 is 0 Å². The monoisotopic (exact) mass is 304 g/mol. The molecule has 1 heterocycles. The van der Waals surface area contributed by atoms with Crippen molar-refractivity contribution >= 4 is 23.5 Å². The number of benzene rings is 1. The predicted octanol–water partition coefficient (Wildman–Crippen LogP) is 2.88. The van der Waals surface area contributed by atoms with Crippen molar-refractivity contribution in [1.82, 2.24) is 15.3 Å². The number of hydrogen-bond acceptors (Lipinski definition) is 4. The van der Waals surface area contributed by atoms with Crippen LogP contribution in [-0.4, -0.2) is 22.4 Å². The van der Waals surface area contributed by atoms with Crippen LogP contribution in [0, 0.1) is 0 Å². The molecule has 0 saturated heterocycles. The second-order valence-corrected chi connectivity index (χ2v) is 4.87. The number of hydrogen-bond donors (Lipinski definition) is 2. The van der Waals surface area contributed by atoms with Gasteiger partial charge >= 0.3 is 0 Å². The number of anilines is 1. The van der Waals surface area contributed by atoms with Crippen LogP contribution in [0.3, 0.4) is 0 Å². The molecule has 21 heavy (non-hydrogen) atoms. The molecule has 1 aromatic carbocycles. The number of carbonyl (C=O) groups excluding carboxylic acids is 1. The average molecular weight is 305 g/mol. The Hall–Kier alpha value is -2.14. The standard InChI is InChI=1S/C15H17ClN4O/c1-2-8-17-15-18-9-7-13(20-15)14(21)19-10-11-5-3-4-6-12(11)16/h3-7,9H,2,8,10H2,1H3,(H,19,21)(H,17,18,20). The highest BCUT2D eigenvalue weighted by Crippen LogP contribution is 2.14. The molecule has 0 unspecified atom stereocenters. The summed E-state index contributed by atoms with van der Waals surface area (Å²) in [7, 11) is 0. The molecule has 0 aliphatic heterocycles. The molecule has 0 atom stereocenters. The number of amides is 1. The second-order valence-electron chi connectivity index (χ2n) is 4.47. The molecular weight excluding hydrogens is 288 g/mol. The van der Waals surface area contributed by atoms with Crippen LogP contribution in [0.4, 0.5) is 5.95 Å². The summed E-state index contributed by atoms with van der Waals surface area (Å²) < 4.78 is 0. The molecule has 1 aromatic heterocycles. The Morgan fingerprint density at radius 1 is 1.29 bits per heavy atom. The lowest BCUT2D eigenvalue weighted by Gasteiger charge is -2.07. The van der Waals surface area contributed by atoms with E-state index in [2.05, 4.69) is 20.6 Å². The first kappa shape index (κ1) is 15.3. The van der Waals surface area contributed by atoms with Crippen LogP contribution in [0.5, 0.6) is 0 Å². The summed E-state index contributed by atoms with van der Waals surface area (Å²) in [5, 5.41) is 6.48. The van der Waals surface area contributed by atoms with Crippen LogP contribution in [0.25, 0.3) is 0 Å². The summed E-state index contributed by atoms with van der Waals surface area (Å²) in [4.78, 5) is 20.3. The van der Waals surface area contributed by atoms with Crippen LogP contribution in [0.15, 0.2) is 36.5 Å². The summed E-state index contributed by atoms with van der Waals surface area (Å²) in [6.45, 7) is 3.18. The van der Waals surface area contributed by atoms with Crippen molar-refractivity contribution in [2.45, 2.75) is 19.9 Å². The van der Waals surface area contributed by atoms with Gasteiger partial charge in [0, 0.05) is 24.3 Å². The molecule has 2 N–H and O–H groups in total. The van der Waals surface area contributed by atoms with Crippen LogP contribution in [0.1, 0.15) is 29.4 Å². The molecule has 0 fully saturated rings. The molecular formula is C15H17ClN4O. The quantitative estimate of drug-likeness (QED) is 0.861. The highest BCUT2D eigenvalue weighted by atomic mass is 35.5. The number of nitrogens with zero attached hydrogens (tertiary/aromatic N) is 2. The van der Waals surface area contributed by atoms with Gasteiger partial charge in [-0.3, -0.25) is 4.79 Å². The van der Waals surface area contributed by atoms with E-state index in [0.717, 1.165) is 18.5 Å². The van der Waals surface area contributed by atoms with Gasteiger partial charge < -0.3 is 10.6 Å². The van der Waals surface area contributed by atoms with E-state index < -0.39 is 0 Å². The summed E-state index contributed by atoms with van der Waals surface area (Å²) in [5.74, 6) is 0.208. The molecule has 110 valence electrons. The summed E-state index contributed by atoms with van der Waals surface area (Å²) in [5.41, 5.74) is 1.20. The Balaban J connectivity index is 1.98. The van der Waals surface area contributed by atoms with Crippen molar-refractivity contribution in [3.05, 3.63) is 52.8 Å². The van der Waals surface area contributed by atoms with Gasteiger partial charge in [0.2, 0.25) is 5.95 Å². The highest BCUT2D eigenvalue weighted by Gasteiger charge is 2.09. The van der Waals surface area contributed by atoms with Gasteiger partial charge in [0.05, 0.1) is 0 Å². The van der Waals surface area contributed by atoms with Gasteiger partial charge in [-0.05, 0) is 24.1 Å². The number of carbonyl (C=O) groups is 1. The van der Waals surface area contributed by atoms with Crippen molar-refractivity contribution in [1.29, 1.82) is 0 Å². The summed E-state index contributed by atoms with van der Waals surface area (Å²) >= 11 is 6.05. The lowest BCUT2D eigenvalue weighted by atomic mass is 10.2. The minimum absolute atomic E-state index is 0.253. The molecule has 2 rings (SSSR count). The smallest absolute Gasteiger partial charge is 0.270 e. The Morgan fingerprint density at radius 2 is 2.10 bits per heavy atom. The fourth-order valence-corrected chi connectivity index (χ4v) is 1.92. The predicted molar refractivity (Wildman–Crippen MR) is 83.4 cm³/mol. The lowest BCUT2D eigenvalue weighted by Crippen LogP contribution is -2.24. The fourth-order valence-electron chi connectivity index (χ4n) is 1.71. The first-order valence-corrected chi connectivity index (χ1v) is 7.17. The van der Waals surface area contributed by atoms with Gasteiger partial charge in [-0.15, -0.1) is 0 Å². The second kappa shape index (κ2) is 7.59. The van der Waals surface area contributed by atoms with E-state index in [9.17, 15) is 4.79 Å². The first-order valence-electron chi connectivity index (χ1n) is 6.79. The van der Waals surface area contributed by atoms with E-state index in [4.69, 9.17) is 11.6 Å². The van der Waals surface area contributed by atoms with Gasteiger partial charge in [0.1, 0.15) is 5.69 Å². The Bertz CT molecular complexity index is 618. The molecule has 2 aromatic rings. The van der Waals surface area contributed by atoms with Crippen LogP contribution in [0.2, 0.25) is 5.02 Å². The number of rotatable bonds is 6. The highest BCUT2D eigenvalue weighted by molar-refractivity contribution is 6.31. The zero-order chi connectivity index (χ0) is 15.1. The number of halogens is 1. The van der Waals surface area contributed by atoms with E-state index in [0.29, 0.717) is 23.2 Å². The van der Waals surface area contributed by atoms with E-state index in [1.54, 1.807) is 18.3 Å². The molecule has 0 saturated carbocycles. The molecule has 0 aliphatic rings. The molecule has 5 nitrogen and oxygen atoms in total. The molecule has 0 bridgehead atoms. The van der Waals surface area contributed by atoms with E-state index in [1.807, 2.05) is 25.1 Å². The van der Waals surface area contributed by atoms with Crippen molar-refractivity contribution in [3.8, 4) is 0 Å². The van der Waals surface area contributed by atoms with E-state index in [-0.39, 0.29) is 5.91 Å². The van der Waals surface area contributed by atoms with Crippen molar-refractivity contribution in [2.24, 2.45) is 0 Å². The first-order chi connectivity index (χ1) is 10.2. The number of nitrogens with one attached hydrogen (secondary N) is 2. The van der Waals surface area contributed by atoms with Gasteiger partial charge in [0.15, 0.2) is 0 Å². The molecule has 6 heteroatoms. The maximum absolute atomic E-state index is 12.1. The Kier molecular flexibility index (Phi) is 5.51. The maximum atomic E-state index is 12.1. The third-order valence-electron chi connectivity index (χ3n) is 2.82. The molecule has 1 amide bonds. The van der Waals surface area contributed by atoms with Gasteiger partial charge in [-0.2, -0.15) is 0 Å². The van der Waals surface area contributed by atoms with Crippen molar-refractivity contribution in [3.63, 3.8) is 0 Å². The molecule has 0 spiro atoms. The Labute approximate surface area is 128 Å². The third kappa shape index (κ3) is 4.43. The molecule has 0 aliphatic carbocycles. The summed E-state index contributed by atoms with van der Waals surface area (Å²) in [6, 6.07) is 8.98. The Morgan fingerprint density at radius 3 is 2.86 bits per heavy atom. The van der Waals surface area contributed by atoms with Crippen molar-refractivity contribution in [2.75, 3.05) is 11.9 Å². The maximum Gasteiger partial charge on any atom is 0.270 e. The van der Waals surface area contributed by atoms with Crippen LogP contribution >= 0.6 is 11.6 Å². The topological polar surface area (TPSA) is 66.9 Å². The normalized spacial score (nSPS) is 10.2. The van der Waals surface area contributed by atoms with E-state index in [1.165, 1.54) is 0 Å². The van der Waals surface area contributed by atoms with Gasteiger partial charge in [-0.25, -0.2) is 9.97 Å². The summed E-state index contributed by atoms with van der Waals surface area (Å²) in [6.07, 6.45) is 2.53. The zero-order valence-electron chi connectivity index (χ0n) is 11.8. The average Bonchev–Trinajstić information content (AvgIpc) is 2.52. The van der Waals surface area contributed by atoms with Crippen molar-refractivity contribution < 1.29 is 4.79 Å². The van der Waals surface area contributed by atoms with Gasteiger partial charge in [-0.1, -0.05) is 36.7 Å². The zero-order valence-corrected chi connectivity index (χ0v) is 12.5. The minimum Gasteiger partial charge on any atom is -0.354 e. The van der Waals surface area contributed by atoms with Crippen LogP contribution < -0.4 is 10.6 Å². The third-order valence-corrected chi connectivity index (χ3v) is 3.19. The molecule has 0 radical (unpaired) electrons. The fraction of sp³-hybridized carbons (Fsp3) is 0.267. The lowest BCUT2D eigenvalue weighted by molar-refractivity contribution is 0.0946. The van der Waals surface area contributed by atoms with Gasteiger partial charge in [0.25, 0.3) is 5.91 Å². The SMILES string of the molecule is CCCNc1nccc(C(=O)NCc2ccccc2Cl)n1. The largest absolute Gasteiger partial charge is 0.354 e. The number of aromatic nitrogens is 2. The minimum atomic E-state index is -0.253. The van der Waals surface area contributed by atoms with Crippen LogP contribution in [-0.2, 0) is 6.54 Å².